The highest BCUT2D eigenvalue weighted by Gasteiger charge is 2.26. The molecule has 0 amide bonds. The molecule has 0 spiro atoms. The molecule has 2 aromatic carbocycles. The molecule has 0 aliphatic rings. The van der Waals surface area contributed by atoms with Crippen LogP contribution in [0.4, 0.5) is 5.82 Å². The maximum atomic E-state index is 14.0. The van der Waals surface area contributed by atoms with Crippen LogP contribution in [0.15, 0.2) is 80.3 Å². The Bertz CT molecular complexity index is 2230. The van der Waals surface area contributed by atoms with Crippen LogP contribution < -0.4 is 10.3 Å². The van der Waals surface area contributed by atoms with Crippen LogP contribution in [0.25, 0.3) is 33.2 Å². The molecule has 0 saturated heterocycles. The second kappa shape index (κ2) is 11.2. The molecule has 0 saturated carbocycles. The SMILES string of the molecule is Cc1cc2c(cc(-c3ccccc3)c(=O)n2Cc2ccc(-c3cc(C)sc3S(=O)(=O)Nc3noc(C)c3C)c(C)c2)c(C)n1. The summed E-state index contributed by atoms with van der Waals surface area (Å²) < 4.78 is 36.8. The Hall–Kier alpha value is -4.54. The first-order valence-corrected chi connectivity index (χ1v) is 16.5. The van der Waals surface area contributed by atoms with Crippen molar-refractivity contribution >= 4 is 38.1 Å². The predicted molar refractivity (Wildman–Crippen MR) is 176 cm³/mol. The van der Waals surface area contributed by atoms with Gasteiger partial charge in [0.25, 0.3) is 15.6 Å². The Morgan fingerprint density at radius 3 is 2.32 bits per heavy atom. The normalized spacial score (nSPS) is 11.8. The third-order valence-electron chi connectivity index (χ3n) is 7.87. The molecule has 0 aliphatic carbocycles. The molecule has 8 nitrogen and oxygen atoms in total. The third kappa shape index (κ3) is 5.35. The molecule has 0 radical (unpaired) electrons. The van der Waals surface area contributed by atoms with E-state index in [9.17, 15) is 13.2 Å². The lowest BCUT2D eigenvalue weighted by atomic mass is 9.99. The summed E-state index contributed by atoms with van der Waals surface area (Å²) in [7, 11) is -3.93. The molecular weight excluding hydrogens is 593 g/mol. The van der Waals surface area contributed by atoms with Crippen LogP contribution in [0.1, 0.15) is 38.7 Å². The van der Waals surface area contributed by atoms with Crippen molar-refractivity contribution < 1.29 is 12.9 Å². The summed E-state index contributed by atoms with van der Waals surface area (Å²) in [6.45, 7) is 11.6. The molecule has 6 aromatic rings. The van der Waals surface area contributed by atoms with Gasteiger partial charge in [-0.15, -0.1) is 11.3 Å². The molecule has 0 atom stereocenters. The minimum absolute atomic E-state index is 0.0817. The zero-order chi connectivity index (χ0) is 31.3. The maximum absolute atomic E-state index is 14.0. The van der Waals surface area contributed by atoms with E-state index in [1.165, 1.54) is 11.3 Å². The van der Waals surface area contributed by atoms with Crippen LogP contribution >= 0.6 is 11.3 Å². The first-order valence-electron chi connectivity index (χ1n) is 14.2. The van der Waals surface area contributed by atoms with Gasteiger partial charge in [-0.25, -0.2) is 8.42 Å². The van der Waals surface area contributed by atoms with Crippen molar-refractivity contribution in [2.75, 3.05) is 4.72 Å². The van der Waals surface area contributed by atoms with Crippen molar-refractivity contribution in [3.63, 3.8) is 0 Å². The van der Waals surface area contributed by atoms with Gasteiger partial charge >= 0.3 is 0 Å². The molecule has 0 bridgehead atoms. The summed E-state index contributed by atoms with van der Waals surface area (Å²) in [6.07, 6.45) is 0. The average Bonchev–Trinajstić information content (AvgIpc) is 3.52. The molecule has 224 valence electrons. The molecule has 4 aromatic heterocycles. The number of pyridine rings is 2. The van der Waals surface area contributed by atoms with Crippen LogP contribution in [0.3, 0.4) is 0 Å². The van der Waals surface area contributed by atoms with E-state index in [-0.39, 0.29) is 15.6 Å². The minimum atomic E-state index is -3.93. The van der Waals surface area contributed by atoms with E-state index in [0.717, 1.165) is 49.4 Å². The molecule has 1 N–H and O–H groups in total. The summed E-state index contributed by atoms with van der Waals surface area (Å²) in [5, 5.41) is 4.80. The number of nitrogens with one attached hydrogen (secondary N) is 1. The lowest BCUT2D eigenvalue weighted by Gasteiger charge is -2.16. The van der Waals surface area contributed by atoms with Gasteiger partial charge in [-0.05, 0) is 82.0 Å². The number of nitrogens with zero attached hydrogens (tertiary/aromatic N) is 3. The Morgan fingerprint density at radius 1 is 0.886 bits per heavy atom. The second-order valence-corrected chi connectivity index (χ2v) is 14.3. The van der Waals surface area contributed by atoms with Crippen molar-refractivity contribution in [1.82, 2.24) is 14.7 Å². The van der Waals surface area contributed by atoms with E-state index in [4.69, 9.17) is 4.52 Å². The molecule has 44 heavy (non-hydrogen) atoms. The number of hydrogen-bond donors (Lipinski definition) is 1. The molecule has 10 heteroatoms. The van der Waals surface area contributed by atoms with E-state index in [1.807, 2.05) is 99.0 Å². The number of aromatic nitrogens is 3. The summed E-state index contributed by atoms with van der Waals surface area (Å²) in [5.41, 5.74) is 7.81. The van der Waals surface area contributed by atoms with Crippen molar-refractivity contribution in [3.05, 3.63) is 116 Å². The van der Waals surface area contributed by atoms with E-state index in [0.29, 0.717) is 29.0 Å². The zero-order valence-electron chi connectivity index (χ0n) is 25.3. The molecule has 6 rings (SSSR count). The van der Waals surface area contributed by atoms with Crippen LogP contribution in [-0.4, -0.2) is 23.1 Å². The number of sulfonamides is 1. The Labute approximate surface area is 260 Å². The van der Waals surface area contributed by atoms with E-state index < -0.39 is 10.0 Å². The average molecular weight is 625 g/mol. The number of hydrogen-bond acceptors (Lipinski definition) is 7. The van der Waals surface area contributed by atoms with Gasteiger partial charge in [-0.2, -0.15) is 0 Å². The highest BCUT2D eigenvalue weighted by molar-refractivity contribution is 7.94. The number of rotatable bonds is 7. The monoisotopic (exact) mass is 624 g/mol. The minimum Gasteiger partial charge on any atom is -0.359 e. The fourth-order valence-corrected chi connectivity index (χ4v) is 8.24. The van der Waals surface area contributed by atoms with Crippen molar-refractivity contribution in [2.45, 2.75) is 52.3 Å². The fraction of sp³-hybridized carbons (Fsp3) is 0.206. The number of thiophene rings is 1. The smallest absolute Gasteiger partial charge is 0.273 e. The lowest BCUT2D eigenvalue weighted by molar-refractivity contribution is 0.399. The van der Waals surface area contributed by atoms with Gasteiger partial charge in [0.15, 0.2) is 5.82 Å². The molecule has 4 heterocycles. The van der Waals surface area contributed by atoms with Gasteiger partial charge in [0.05, 0.1) is 12.1 Å². The topological polar surface area (TPSA) is 107 Å². The van der Waals surface area contributed by atoms with Crippen molar-refractivity contribution in [1.29, 1.82) is 0 Å². The van der Waals surface area contributed by atoms with Crippen LogP contribution in [0.5, 0.6) is 0 Å². The summed E-state index contributed by atoms with van der Waals surface area (Å²) >= 11 is 1.21. The summed E-state index contributed by atoms with van der Waals surface area (Å²) in [6, 6.07) is 21.4. The molecule has 0 fully saturated rings. The van der Waals surface area contributed by atoms with Crippen LogP contribution in [0, 0.1) is 41.5 Å². The largest absolute Gasteiger partial charge is 0.359 e. The standard InChI is InChI=1S/C34H32N4O4S2/c1-19-14-25(12-13-27(19)30-16-21(3)43-34(30)44(40,41)37-32-22(4)24(6)42-36-32)18-38-31-15-20(2)35-23(5)28(31)17-29(33(38)39)26-10-8-7-9-11-26/h7-17H,18H2,1-6H3,(H,36,37). The van der Waals surface area contributed by atoms with Gasteiger partial charge in [0.2, 0.25) is 0 Å². The van der Waals surface area contributed by atoms with Gasteiger partial charge < -0.3 is 9.09 Å². The van der Waals surface area contributed by atoms with Gasteiger partial charge in [0, 0.05) is 38.3 Å². The third-order valence-corrected chi connectivity index (χ3v) is 10.8. The highest BCUT2D eigenvalue weighted by Crippen LogP contribution is 2.38. The number of fused-ring (bicyclic) bond motifs is 1. The lowest BCUT2D eigenvalue weighted by Crippen LogP contribution is -2.23. The quantitative estimate of drug-likeness (QED) is 0.197. The number of benzene rings is 2. The van der Waals surface area contributed by atoms with E-state index in [2.05, 4.69) is 14.9 Å². The van der Waals surface area contributed by atoms with Gasteiger partial charge in [-0.3, -0.25) is 14.5 Å². The molecule has 0 aliphatic heterocycles. The predicted octanol–water partition coefficient (Wildman–Crippen LogP) is 7.48. The fourth-order valence-electron chi connectivity index (χ4n) is 5.54. The van der Waals surface area contributed by atoms with Crippen LogP contribution in [0.2, 0.25) is 0 Å². The molecule has 0 unspecified atom stereocenters. The Balaban J connectivity index is 1.42. The van der Waals surface area contributed by atoms with Crippen molar-refractivity contribution in [3.8, 4) is 22.3 Å². The second-order valence-electron chi connectivity index (χ2n) is 11.1. The number of anilines is 1. The zero-order valence-corrected chi connectivity index (χ0v) is 27.0. The van der Waals surface area contributed by atoms with Crippen LogP contribution in [-0.2, 0) is 16.6 Å². The summed E-state index contributed by atoms with van der Waals surface area (Å²) in [4.78, 5) is 19.5. The number of aryl methyl sites for hydroxylation is 5. The first kappa shape index (κ1) is 29.5. The maximum Gasteiger partial charge on any atom is 0.273 e. The van der Waals surface area contributed by atoms with Gasteiger partial charge in [0.1, 0.15) is 9.97 Å². The Kier molecular flexibility index (Phi) is 7.51. The highest BCUT2D eigenvalue weighted by atomic mass is 32.2. The van der Waals surface area contributed by atoms with Crippen molar-refractivity contribution in [2.24, 2.45) is 0 Å². The summed E-state index contributed by atoms with van der Waals surface area (Å²) in [5.74, 6) is 0.738. The van der Waals surface area contributed by atoms with E-state index in [1.54, 1.807) is 13.8 Å². The Morgan fingerprint density at radius 2 is 1.64 bits per heavy atom. The molecular formula is C34H32N4O4S2. The van der Waals surface area contributed by atoms with E-state index >= 15 is 0 Å². The van der Waals surface area contributed by atoms with Gasteiger partial charge in [-0.1, -0.05) is 53.7 Å². The first-order chi connectivity index (χ1) is 20.9.